The van der Waals surface area contributed by atoms with Crippen LogP contribution in [0.1, 0.15) is 17.9 Å². The van der Waals surface area contributed by atoms with Gasteiger partial charge in [0, 0.05) is 34.6 Å². The summed E-state index contributed by atoms with van der Waals surface area (Å²) in [5.74, 6) is 0. The highest BCUT2D eigenvalue weighted by atomic mass is 32.1. The van der Waals surface area contributed by atoms with Gasteiger partial charge in [0.25, 0.3) is 0 Å². The van der Waals surface area contributed by atoms with Gasteiger partial charge in [0.05, 0.1) is 6.10 Å². The van der Waals surface area contributed by atoms with Crippen LogP contribution in [0.3, 0.4) is 0 Å². The van der Waals surface area contributed by atoms with Gasteiger partial charge in [0.1, 0.15) is 0 Å². The summed E-state index contributed by atoms with van der Waals surface area (Å²) >= 11 is 1.54. The number of aliphatic hydroxyl groups is 1. The molecular formula is C12H13NO2S. The minimum atomic E-state index is -0.439. The van der Waals surface area contributed by atoms with E-state index in [9.17, 15) is 9.90 Å². The third kappa shape index (κ3) is 2.08. The molecule has 3 nitrogen and oxygen atoms in total. The first-order valence-corrected chi connectivity index (χ1v) is 5.84. The summed E-state index contributed by atoms with van der Waals surface area (Å²) < 4.78 is 1.55. The highest BCUT2D eigenvalue weighted by Crippen LogP contribution is 2.30. The molecule has 0 amide bonds. The Morgan fingerprint density at radius 3 is 2.62 bits per heavy atom. The van der Waals surface area contributed by atoms with Gasteiger partial charge in [0.15, 0.2) is 0 Å². The first-order valence-electron chi connectivity index (χ1n) is 5.03. The van der Waals surface area contributed by atoms with Crippen LogP contribution in [0.25, 0.3) is 10.4 Å². The smallest absolute Gasteiger partial charge is 0.250 e. The third-order valence-electron chi connectivity index (χ3n) is 2.41. The van der Waals surface area contributed by atoms with E-state index >= 15 is 0 Å². The Morgan fingerprint density at radius 1 is 1.31 bits per heavy atom. The van der Waals surface area contributed by atoms with E-state index in [1.165, 1.54) is 0 Å². The molecule has 1 N–H and O–H groups in total. The minimum absolute atomic E-state index is 0.0175. The molecule has 0 saturated carbocycles. The highest BCUT2D eigenvalue weighted by molar-refractivity contribution is 7.15. The molecule has 0 bridgehead atoms. The number of pyridine rings is 1. The molecule has 0 aliphatic carbocycles. The average molecular weight is 235 g/mol. The summed E-state index contributed by atoms with van der Waals surface area (Å²) in [5.41, 5.74) is 0.982. The lowest BCUT2D eigenvalue weighted by Gasteiger charge is -2.01. The number of aliphatic hydroxyl groups excluding tert-OH is 1. The Hall–Kier alpha value is -1.39. The molecule has 0 unspecified atom stereocenters. The number of thiophene rings is 1. The van der Waals surface area contributed by atoms with Crippen molar-refractivity contribution in [1.29, 1.82) is 0 Å². The highest BCUT2D eigenvalue weighted by Gasteiger charge is 2.07. The standard InChI is InChI=1S/C12H13NO2S/c1-8(14)10-4-5-11(16-10)9-3-6-12(15)13(2)7-9/h3-8,14H,1-2H3/t8-/m1/s1. The Kier molecular flexibility index (Phi) is 2.94. The van der Waals surface area contributed by atoms with Gasteiger partial charge in [-0.25, -0.2) is 0 Å². The Morgan fingerprint density at radius 2 is 2.06 bits per heavy atom. The van der Waals surface area contributed by atoms with Crippen LogP contribution in [0.4, 0.5) is 0 Å². The van der Waals surface area contributed by atoms with Crippen molar-refractivity contribution in [3.8, 4) is 10.4 Å². The number of nitrogens with zero attached hydrogens (tertiary/aromatic N) is 1. The maximum atomic E-state index is 11.2. The van der Waals surface area contributed by atoms with Crippen molar-refractivity contribution in [1.82, 2.24) is 4.57 Å². The van der Waals surface area contributed by atoms with Crippen LogP contribution in [0.5, 0.6) is 0 Å². The third-order valence-corrected chi connectivity index (χ3v) is 3.71. The number of aromatic nitrogens is 1. The zero-order valence-corrected chi connectivity index (χ0v) is 9.99. The lowest BCUT2D eigenvalue weighted by Crippen LogP contribution is -2.13. The van der Waals surface area contributed by atoms with E-state index in [1.54, 1.807) is 48.2 Å². The predicted molar refractivity (Wildman–Crippen MR) is 65.6 cm³/mol. The summed E-state index contributed by atoms with van der Waals surface area (Å²) in [6, 6.07) is 7.24. The van der Waals surface area contributed by atoms with Gasteiger partial charge < -0.3 is 9.67 Å². The van der Waals surface area contributed by atoms with Crippen LogP contribution in [0, 0.1) is 0 Å². The fourth-order valence-corrected chi connectivity index (χ4v) is 2.41. The maximum Gasteiger partial charge on any atom is 0.250 e. The molecule has 2 heterocycles. The first kappa shape index (κ1) is 11.1. The van der Waals surface area contributed by atoms with Gasteiger partial charge in [-0.05, 0) is 25.1 Å². The summed E-state index contributed by atoms with van der Waals surface area (Å²) in [6.45, 7) is 1.75. The van der Waals surface area contributed by atoms with Crippen LogP contribution in [-0.4, -0.2) is 9.67 Å². The number of aryl methyl sites for hydroxylation is 1. The first-order chi connectivity index (χ1) is 7.58. The zero-order chi connectivity index (χ0) is 11.7. The van der Waals surface area contributed by atoms with Crippen LogP contribution in [0.2, 0.25) is 0 Å². The maximum absolute atomic E-state index is 11.2. The van der Waals surface area contributed by atoms with E-state index in [4.69, 9.17) is 0 Å². The summed E-state index contributed by atoms with van der Waals surface area (Å²) in [6.07, 6.45) is 1.37. The van der Waals surface area contributed by atoms with Crippen molar-refractivity contribution >= 4 is 11.3 Å². The summed E-state index contributed by atoms with van der Waals surface area (Å²) in [5, 5.41) is 9.44. The quantitative estimate of drug-likeness (QED) is 0.866. The minimum Gasteiger partial charge on any atom is -0.388 e. The van der Waals surface area contributed by atoms with E-state index < -0.39 is 6.10 Å². The molecular weight excluding hydrogens is 222 g/mol. The topological polar surface area (TPSA) is 42.2 Å². The molecule has 0 fully saturated rings. The second-order valence-electron chi connectivity index (χ2n) is 3.74. The van der Waals surface area contributed by atoms with Gasteiger partial charge >= 0.3 is 0 Å². The molecule has 0 aliphatic rings. The molecule has 4 heteroatoms. The monoisotopic (exact) mass is 235 g/mol. The zero-order valence-electron chi connectivity index (χ0n) is 9.18. The average Bonchev–Trinajstić information content (AvgIpc) is 2.71. The van der Waals surface area contributed by atoms with Crippen LogP contribution in [-0.2, 0) is 7.05 Å². The van der Waals surface area contributed by atoms with E-state index in [0.29, 0.717) is 0 Å². The molecule has 2 rings (SSSR count). The van der Waals surface area contributed by atoms with Gasteiger partial charge in [-0.3, -0.25) is 4.79 Å². The molecule has 0 radical (unpaired) electrons. The van der Waals surface area contributed by atoms with E-state index in [0.717, 1.165) is 15.3 Å². The van der Waals surface area contributed by atoms with Crippen LogP contribution in [0.15, 0.2) is 35.3 Å². The number of hydrogen-bond donors (Lipinski definition) is 1. The van der Waals surface area contributed by atoms with Crippen LogP contribution >= 0.6 is 11.3 Å². The Balaban J connectivity index is 2.42. The second-order valence-corrected chi connectivity index (χ2v) is 4.86. The lowest BCUT2D eigenvalue weighted by molar-refractivity contribution is 0.203. The summed E-state index contributed by atoms with van der Waals surface area (Å²) in [4.78, 5) is 13.2. The molecule has 0 aliphatic heterocycles. The van der Waals surface area contributed by atoms with Crippen molar-refractivity contribution in [3.05, 3.63) is 45.7 Å². The van der Waals surface area contributed by atoms with Crippen molar-refractivity contribution in [3.63, 3.8) is 0 Å². The molecule has 0 aromatic carbocycles. The van der Waals surface area contributed by atoms with Crippen LogP contribution < -0.4 is 5.56 Å². The second kappa shape index (κ2) is 4.23. The van der Waals surface area contributed by atoms with E-state index in [-0.39, 0.29) is 5.56 Å². The van der Waals surface area contributed by atoms with Crippen molar-refractivity contribution in [2.45, 2.75) is 13.0 Å². The SMILES string of the molecule is C[C@@H](O)c1ccc(-c2ccc(=O)n(C)c2)s1. The number of rotatable bonds is 2. The fourth-order valence-electron chi connectivity index (χ4n) is 1.47. The Labute approximate surface area is 97.6 Å². The largest absolute Gasteiger partial charge is 0.388 e. The molecule has 84 valence electrons. The van der Waals surface area contributed by atoms with Crippen molar-refractivity contribution in [2.75, 3.05) is 0 Å². The lowest BCUT2D eigenvalue weighted by atomic mass is 10.2. The van der Waals surface area contributed by atoms with Gasteiger partial charge in [-0.15, -0.1) is 11.3 Å². The molecule has 0 saturated heterocycles. The number of hydrogen-bond acceptors (Lipinski definition) is 3. The van der Waals surface area contributed by atoms with Crippen molar-refractivity contribution in [2.24, 2.45) is 7.05 Å². The molecule has 16 heavy (non-hydrogen) atoms. The summed E-state index contributed by atoms with van der Waals surface area (Å²) in [7, 11) is 1.73. The molecule has 1 atom stereocenters. The molecule has 0 spiro atoms. The van der Waals surface area contributed by atoms with E-state index in [2.05, 4.69) is 0 Å². The van der Waals surface area contributed by atoms with Crippen molar-refractivity contribution < 1.29 is 5.11 Å². The molecule has 2 aromatic heterocycles. The van der Waals surface area contributed by atoms with Gasteiger partial charge in [0.2, 0.25) is 5.56 Å². The fraction of sp³-hybridized carbons (Fsp3) is 0.250. The normalized spacial score (nSPS) is 12.7. The Bertz CT molecular complexity index is 554. The van der Waals surface area contributed by atoms with E-state index in [1.807, 2.05) is 12.1 Å². The molecule has 2 aromatic rings. The van der Waals surface area contributed by atoms with Gasteiger partial charge in [-0.1, -0.05) is 0 Å². The predicted octanol–water partition coefficient (Wildman–Crippen LogP) is 2.17. The van der Waals surface area contributed by atoms with Gasteiger partial charge in [-0.2, -0.15) is 0 Å².